The zero-order chi connectivity index (χ0) is 20.3. The van der Waals surface area contributed by atoms with Gasteiger partial charge >= 0.3 is 6.36 Å². The quantitative estimate of drug-likeness (QED) is 0.637. The number of ether oxygens (including phenoxy) is 1. The zero-order valence-electron chi connectivity index (χ0n) is 14.8. The van der Waals surface area contributed by atoms with Gasteiger partial charge in [-0.15, -0.1) is 13.2 Å². The van der Waals surface area contributed by atoms with Gasteiger partial charge in [-0.2, -0.15) is 5.10 Å². The van der Waals surface area contributed by atoms with Crippen molar-refractivity contribution in [1.82, 2.24) is 9.78 Å². The van der Waals surface area contributed by atoms with Crippen molar-refractivity contribution < 1.29 is 22.7 Å². The Morgan fingerprint density at radius 1 is 1.14 bits per heavy atom. The first-order valence-electron chi connectivity index (χ1n) is 8.36. The van der Waals surface area contributed by atoms with Crippen molar-refractivity contribution in [2.24, 2.45) is 0 Å². The van der Waals surface area contributed by atoms with Crippen LogP contribution in [0.2, 0.25) is 0 Å². The zero-order valence-corrected chi connectivity index (χ0v) is 14.8. The molecule has 2 aromatic carbocycles. The molecule has 0 atom stereocenters. The van der Waals surface area contributed by atoms with Gasteiger partial charge in [-0.1, -0.05) is 12.1 Å². The molecule has 0 unspecified atom stereocenters. The lowest BCUT2D eigenvalue weighted by Crippen LogP contribution is -2.18. The molecular formula is C19H17F3N4O2. The number of halogens is 3. The number of carbonyl (C=O) groups is 1. The van der Waals surface area contributed by atoms with E-state index in [2.05, 4.69) is 15.2 Å². The normalized spacial score (nSPS) is 11.3. The molecule has 28 heavy (non-hydrogen) atoms. The Morgan fingerprint density at radius 3 is 2.36 bits per heavy atom. The van der Waals surface area contributed by atoms with Crippen molar-refractivity contribution in [3.63, 3.8) is 0 Å². The second-order valence-electron chi connectivity index (χ2n) is 5.88. The molecular weight excluding hydrogens is 373 g/mol. The van der Waals surface area contributed by atoms with Crippen molar-refractivity contribution >= 4 is 17.4 Å². The van der Waals surface area contributed by atoms with Crippen LogP contribution in [0, 0.1) is 0 Å². The van der Waals surface area contributed by atoms with E-state index in [0.29, 0.717) is 23.7 Å². The number of aromatic nitrogens is 2. The molecule has 0 spiro atoms. The molecule has 9 heteroatoms. The van der Waals surface area contributed by atoms with Crippen LogP contribution in [-0.4, -0.2) is 22.1 Å². The summed E-state index contributed by atoms with van der Waals surface area (Å²) in [5, 5.41) is 7.17. The molecule has 3 aromatic rings. The molecule has 3 N–H and O–H groups in total. The predicted molar refractivity (Wildman–Crippen MR) is 98.8 cm³/mol. The van der Waals surface area contributed by atoms with Gasteiger partial charge in [0.2, 0.25) is 0 Å². The fourth-order valence-electron chi connectivity index (χ4n) is 2.55. The SMILES string of the molecule is CCn1nc(-c2ccc(N)cc2)cc1NC(=O)c1ccc(OC(F)(F)F)cc1. The number of hydrogen-bond acceptors (Lipinski definition) is 4. The summed E-state index contributed by atoms with van der Waals surface area (Å²) in [5.41, 5.74) is 8.00. The van der Waals surface area contributed by atoms with E-state index in [4.69, 9.17) is 5.73 Å². The molecule has 1 amide bonds. The third-order valence-corrected chi connectivity index (χ3v) is 3.88. The summed E-state index contributed by atoms with van der Waals surface area (Å²) in [6.45, 7) is 2.39. The second-order valence-corrected chi connectivity index (χ2v) is 5.88. The van der Waals surface area contributed by atoms with Gasteiger partial charge < -0.3 is 15.8 Å². The Morgan fingerprint density at radius 2 is 1.79 bits per heavy atom. The van der Waals surface area contributed by atoms with Gasteiger partial charge in [-0.25, -0.2) is 4.68 Å². The maximum Gasteiger partial charge on any atom is 0.573 e. The Balaban J connectivity index is 1.77. The van der Waals surface area contributed by atoms with Crippen LogP contribution in [-0.2, 0) is 6.54 Å². The number of nitrogens with zero attached hydrogens (tertiary/aromatic N) is 2. The first-order valence-corrected chi connectivity index (χ1v) is 8.36. The third-order valence-electron chi connectivity index (χ3n) is 3.88. The summed E-state index contributed by atoms with van der Waals surface area (Å²) in [6, 6.07) is 13.5. The highest BCUT2D eigenvalue weighted by Gasteiger charge is 2.31. The number of hydrogen-bond donors (Lipinski definition) is 2. The van der Waals surface area contributed by atoms with Crippen LogP contribution in [0.15, 0.2) is 54.6 Å². The van der Waals surface area contributed by atoms with Crippen molar-refractivity contribution in [3.05, 3.63) is 60.2 Å². The first kappa shape index (κ1) is 19.3. The van der Waals surface area contributed by atoms with Gasteiger partial charge in [0.15, 0.2) is 0 Å². The van der Waals surface area contributed by atoms with E-state index in [1.54, 1.807) is 22.9 Å². The summed E-state index contributed by atoms with van der Waals surface area (Å²) in [6.07, 6.45) is -4.78. The van der Waals surface area contributed by atoms with Crippen molar-refractivity contribution in [3.8, 4) is 17.0 Å². The van der Waals surface area contributed by atoms with Crippen molar-refractivity contribution in [2.75, 3.05) is 11.1 Å². The summed E-state index contributed by atoms with van der Waals surface area (Å²) in [5.74, 6) is -0.403. The molecule has 1 heterocycles. The topological polar surface area (TPSA) is 82.2 Å². The smallest absolute Gasteiger partial charge is 0.406 e. The maximum absolute atomic E-state index is 12.4. The Kier molecular flexibility index (Phi) is 5.25. The van der Waals surface area contributed by atoms with Crippen LogP contribution in [0.5, 0.6) is 5.75 Å². The Bertz CT molecular complexity index is 964. The van der Waals surface area contributed by atoms with Gasteiger partial charge in [0.1, 0.15) is 11.6 Å². The molecule has 0 bridgehead atoms. The average Bonchev–Trinajstić information content (AvgIpc) is 3.04. The lowest BCUT2D eigenvalue weighted by atomic mass is 10.1. The number of anilines is 2. The molecule has 0 saturated heterocycles. The van der Waals surface area contributed by atoms with Crippen LogP contribution in [0.3, 0.4) is 0 Å². The molecule has 146 valence electrons. The molecule has 0 aliphatic heterocycles. The van der Waals surface area contributed by atoms with Crippen LogP contribution in [0.1, 0.15) is 17.3 Å². The average molecular weight is 390 g/mol. The number of nitrogen functional groups attached to an aromatic ring is 1. The summed E-state index contributed by atoms with van der Waals surface area (Å²) in [4.78, 5) is 12.4. The van der Waals surface area contributed by atoms with Crippen molar-refractivity contribution in [2.45, 2.75) is 19.8 Å². The standard InChI is InChI=1S/C19H17F3N4O2/c1-2-26-17(11-16(25-26)12-3-7-14(23)8-4-12)24-18(27)13-5-9-15(10-6-13)28-19(20,21)22/h3-11H,2,23H2,1H3,(H,24,27). The number of amides is 1. The highest BCUT2D eigenvalue weighted by atomic mass is 19.4. The van der Waals surface area contributed by atoms with E-state index in [9.17, 15) is 18.0 Å². The summed E-state index contributed by atoms with van der Waals surface area (Å²) in [7, 11) is 0. The number of alkyl halides is 3. The minimum Gasteiger partial charge on any atom is -0.406 e. The molecule has 1 aromatic heterocycles. The van der Waals surface area contributed by atoms with Crippen LogP contribution in [0.4, 0.5) is 24.7 Å². The molecule has 0 aliphatic rings. The third kappa shape index (κ3) is 4.61. The number of rotatable bonds is 5. The number of nitrogens with two attached hydrogens (primary N) is 1. The van der Waals surface area contributed by atoms with Crippen LogP contribution in [0.25, 0.3) is 11.3 Å². The fourth-order valence-corrected chi connectivity index (χ4v) is 2.55. The summed E-state index contributed by atoms with van der Waals surface area (Å²) < 4.78 is 42.1. The van der Waals surface area contributed by atoms with E-state index in [-0.39, 0.29) is 5.56 Å². The number of nitrogens with one attached hydrogen (secondary N) is 1. The largest absolute Gasteiger partial charge is 0.573 e. The number of aryl methyl sites for hydroxylation is 1. The Hall–Kier alpha value is -3.49. The van der Waals surface area contributed by atoms with E-state index in [1.165, 1.54) is 12.1 Å². The van der Waals surface area contributed by atoms with Gasteiger partial charge in [0, 0.05) is 29.4 Å². The molecule has 3 rings (SSSR count). The van der Waals surface area contributed by atoms with Gasteiger partial charge in [0.25, 0.3) is 5.91 Å². The lowest BCUT2D eigenvalue weighted by Gasteiger charge is -2.10. The highest BCUT2D eigenvalue weighted by molar-refractivity contribution is 6.04. The first-order chi connectivity index (χ1) is 13.2. The van der Waals surface area contributed by atoms with Crippen LogP contribution >= 0.6 is 0 Å². The van der Waals surface area contributed by atoms with Gasteiger partial charge in [0.05, 0.1) is 5.69 Å². The highest BCUT2D eigenvalue weighted by Crippen LogP contribution is 2.25. The molecule has 0 aliphatic carbocycles. The van der Waals surface area contributed by atoms with E-state index in [0.717, 1.165) is 17.7 Å². The maximum atomic E-state index is 12.4. The summed E-state index contributed by atoms with van der Waals surface area (Å²) >= 11 is 0. The van der Waals surface area contributed by atoms with E-state index in [1.807, 2.05) is 19.1 Å². The minimum atomic E-state index is -4.78. The van der Waals surface area contributed by atoms with Crippen LogP contribution < -0.4 is 15.8 Å². The number of carbonyl (C=O) groups excluding carboxylic acids is 1. The Labute approximate surface area is 158 Å². The van der Waals surface area contributed by atoms with Gasteiger partial charge in [-0.05, 0) is 43.3 Å². The number of benzene rings is 2. The fraction of sp³-hybridized carbons (Fsp3) is 0.158. The van der Waals surface area contributed by atoms with E-state index >= 15 is 0 Å². The van der Waals surface area contributed by atoms with Crippen molar-refractivity contribution in [1.29, 1.82) is 0 Å². The molecule has 0 radical (unpaired) electrons. The molecule has 0 saturated carbocycles. The second kappa shape index (κ2) is 7.63. The molecule has 0 fully saturated rings. The van der Waals surface area contributed by atoms with E-state index < -0.39 is 18.0 Å². The monoisotopic (exact) mass is 390 g/mol. The van der Waals surface area contributed by atoms with Gasteiger partial charge in [-0.3, -0.25) is 4.79 Å². The lowest BCUT2D eigenvalue weighted by molar-refractivity contribution is -0.274. The minimum absolute atomic E-state index is 0.187. The molecule has 6 nitrogen and oxygen atoms in total. The predicted octanol–water partition coefficient (Wildman–Crippen LogP) is 4.30.